The molecular weight excluding hydrogens is 854 g/mol. The maximum absolute atomic E-state index is 13.1. The Morgan fingerprint density at radius 1 is 0.938 bits per heavy atom. The van der Waals surface area contributed by atoms with Crippen LogP contribution in [0.5, 0.6) is 5.75 Å². The quantitative estimate of drug-likeness (QED) is 0.0961. The summed E-state index contributed by atoms with van der Waals surface area (Å²) in [5.41, 5.74) is 5.15. The number of piperidine rings is 2. The second-order valence-corrected chi connectivity index (χ2v) is 21.0. The summed E-state index contributed by atoms with van der Waals surface area (Å²) < 4.78 is 32.6. The number of halogens is 1. The minimum absolute atomic E-state index is 0.0634. The minimum Gasteiger partial charge on any atom is -0.489 e. The van der Waals surface area contributed by atoms with Gasteiger partial charge in [0.05, 0.1) is 33.8 Å². The number of likely N-dealkylation sites (tertiary alicyclic amines) is 2. The number of anilines is 5. The third-order valence-corrected chi connectivity index (χ3v) is 15.2. The number of sulfone groups is 1. The molecule has 1 aromatic heterocycles. The molecule has 0 saturated carbocycles. The number of ether oxygens (including phenoxy) is 1. The molecule has 4 N–H and O–H groups in total. The molecule has 4 aromatic rings. The van der Waals surface area contributed by atoms with Crippen LogP contribution in [-0.2, 0) is 19.4 Å². The zero-order valence-corrected chi connectivity index (χ0v) is 38.6. The second-order valence-electron chi connectivity index (χ2n) is 18.1. The molecule has 4 fully saturated rings. The molecule has 0 radical (unpaired) electrons. The highest BCUT2D eigenvalue weighted by atomic mass is 35.5. The fraction of sp³-hybridized carbons (Fsp3) is 0.468. The van der Waals surface area contributed by atoms with Gasteiger partial charge in [-0.3, -0.25) is 29.5 Å². The number of nitrogens with one attached hydrogen (secondary N) is 4. The van der Waals surface area contributed by atoms with Gasteiger partial charge in [0.1, 0.15) is 16.8 Å². The van der Waals surface area contributed by atoms with Crippen LogP contribution in [0.15, 0.2) is 71.8 Å². The molecule has 340 valence electrons. The SMILES string of the molecule is Cc1cc(Nc2ncc(Cl)c(Nc3ccccc3S(=O)(=O)C(C)C)n2)c(OC(C)C)cc1C1CCN(C2CN(CC3CN(c4ccc(C(=O)NC5CCC(=O)NC5=O)cc4)C3)C2)CC1. The molecule has 4 aliphatic heterocycles. The van der Waals surface area contributed by atoms with Crippen LogP contribution in [0.25, 0.3) is 0 Å². The Labute approximate surface area is 380 Å². The molecule has 4 saturated heterocycles. The highest BCUT2D eigenvalue weighted by Crippen LogP contribution is 2.39. The Balaban J connectivity index is 0.813. The standard InChI is InChI=1S/C47H58ClN9O6S/c1-28(2)63-41-21-36(30(5)20-40(41)52-47-49-22-37(48)44(54-47)50-38-8-6-7-9-42(38)64(61,62)29(3)4)32-16-18-56(19-17-32)35-26-55(27-35)23-31-24-57(25-31)34-12-10-33(11-13-34)45(59)51-39-14-15-43(58)53-46(39)60/h6-13,20-22,28-29,31-32,35,39H,14-19,23-27H2,1-5H3,(H,51,59)(H,53,58,60)(H2,49,50,52,54). The lowest BCUT2D eigenvalue weighted by atomic mass is 9.85. The van der Waals surface area contributed by atoms with Gasteiger partial charge < -0.3 is 25.6 Å². The summed E-state index contributed by atoms with van der Waals surface area (Å²) in [5.74, 6) is 1.22. The molecule has 3 aromatic carbocycles. The van der Waals surface area contributed by atoms with Crippen LogP contribution in [0.2, 0.25) is 5.02 Å². The smallest absolute Gasteiger partial charge is 0.251 e. The molecule has 17 heteroatoms. The van der Waals surface area contributed by atoms with Crippen LogP contribution in [0.1, 0.15) is 80.8 Å². The van der Waals surface area contributed by atoms with E-state index in [1.807, 2.05) is 26.0 Å². The van der Waals surface area contributed by atoms with Crippen molar-refractivity contribution in [3.05, 3.63) is 88.6 Å². The highest BCUT2D eigenvalue weighted by Gasteiger charge is 2.38. The first-order valence-corrected chi connectivity index (χ1v) is 24.2. The molecule has 3 amide bonds. The summed E-state index contributed by atoms with van der Waals surface area (Å²) >= 11 is 6.53. The summed E-state index contributed by atoms with van der Waals surface area (Å²) in [4.78, 5) is 53.0. The molecule has 5 heterocycles. The molecule has 64 heavy (non-hydrogen) atoms. The summed E-state index contributed by atoms with van der Waals surface area (Å²) in [6.45, 7) is 16.8. The van der Waals surface area contributed by atoms with Gasteiger partial charge in [0.15, 0.2) is 15.7 Å². The largest absolute Gasteiger partial charge is 0.489 e. The Morgan fingerprint density at radius 3 is 2.34 bits per heavy atom. The van der Waals surface area contributed by atoms with Gasteiger partial charge in [-0.05, 0) is 133 Å². The van der Waals surface area contributed by atoms with E-state index in [9.17, 15) is 22.8 Å². The van der Waals surface area contributed by atoms with E-state index in [1.54, 1.807) is 50.2 Å². The first-order chi connectivity index (χ1) is 30.6. The van der Waals surface area contributed by atoms with Crippen molar-refractivity contribution in [2.75, 3.05) is 61.3 Å². The van der Waals surface area contributed by atoms with Gasteiger partial charge in [-0.15, -0.1) is 0 Å². The van der Waals surface area contributed by atoms with Crippen molar-refractivity contribution in [3.63, 3.8) is 0 Å². The third-order valence-electron chi connectivity index (χ3n) is 12.7. The fourth-order valence-corrected chi connectivity index (χ4v) is 10.4. The number of hydrogen-bond donors (Lipinski definition) is 4. The molecule has 0 aliphatic carbocycles. The van der Waals surface area contributed by atoms with Gasteiger partial charge in [0.25, 0.3) is 5.91 Å². The lowest BCUT2D eigenvalue weighted by Crippen LogP contribution is -2.63. The molecule has 15 nitrogen and oxygen atoms in total. The number of aryl methyl sites for hydroxylation is 1. The number of hydrogen-bond acceptors (Lipinski definition) is 13. The fourth-order valence-electron chi connectivity index (χ4n) is 9.08. The van der Waals surface area contributed by atoms with Crippen LogP contribution < -0.4 is 30.9 Å². The number of amides is 3. The molecule has 1 atom stereocenters. The van der Waals surface area contributed by atoms with E-state index in [-0.39, 0.29) is 46.0 Å². The van der Waals surface area contributed by atoms with Gasteiger partial charge in [0, 0.05) is 62.4 Å². The molecule has 0 spiro atoms. The van der Waals surface area contributed by atoms with Crippen molar-refractivity contribution in [3.8, 4) is 5.75 Å². The summed E-state index contributed by atoms with van der Waals surface area (Å²) in [7, 11) is -3.57. The van der Waals surface area contributed by atoms with Crippen molar-refractivity contribution in [2.45, 2.75) is 94.6 Å². The lowest BCUT2D eigenvalue weighted by Gasteiger charge is -2.51. The van der Waals surface area contributed by atoms with E-state index in [1.165, 1.54) is 11.8 Å². The molecule has 8 rings (SSSR count). The van der Waals surface area contributed by atoms with E-state index in [2.05, 4.69) is 65.0 Å². The number of carbonyl (C=O) groups excluding carboxylic acids is 3. The van der Waals surface area contributed by atoms with Crippen LogP contribution in [0.3, 0.4) is 0 Å². The number of imide groups is 1. The molecule has 0 bridgehead atoms. The predicted octanol–water partition coefficient (Wildman–Crippen LogP) is 6.43. The normalized spacial score (nSPS) is 19.3. The van der Waals surface area contributed by atoms with Gasteiger partial charge in [0.2, 0.25) is 17.8 Å². The minimum atomic E-state index is -3.57. The third kappa shape index (κ3) is 10.1. The molecule has 1 unspecified atom stereocenters. The van der Waals surface area contributed by atoms with Gasteiger partial charge in [-0.1, -0.05) is 23.7 Å². The van der Waals surface area contributed by atoms with Crippen molar-refractivity contribution in [1.82, 2.24) is 30.4 Å². The van der Waals surface area contributed by atoms with Crippen molar-refractivity contribution in [2.24, 2.45) is 5.92 Å². The Bertz CT molecular complexity index is 2480. The average Bonchev–Trinajstić information content (AvgIpc) is 3.23. The lowest BCUT2D eigenvalue weighted by molar-refractivity contribution is -0.134. The predicted molar refractivity (Wildman–Crippen MR) is 249 cm³/mol. The first kappa shape index (κ1) is 45.3. The van der Waals surface area contributed by atoms with Crippen LogP contribution in [0, 0.1) is 12.8 Å². The van der Waals surface area contributed by atoms with E-state index in [4.69, 9.17) is 16.3 Å². The zero-order valence-electron chi connectivity index (χ0n) is 37.1. The highest BCUT2D eigenvalue weighted by molar-refractivity contribution is 7.92. The second kappa shape index (κ2) is 19.0. The first-order valence-electron chi connectivity index (χ1n) is 22.3. The van der Waals surface area contributed by atoms with E-state index >= 15 is 0 Å². The zero-order chi connectivity index (χ0) is 45.3. The van der Waals surface area contributed by atoms with Crippen LogP contribution >= 0.6 is 11.6 Å². The number of aromatic nitrogens is 2. The number of para-hydroxylation sites is 1. The van der Waals surface area contributed by atoms with Crippen molar-refractivity contribution >= 4 is 68.0 Å². The summed E-state index contributed by atoms with van der Waals surface area (Å²) in [5, 5.41) is 11.1. The van der Waals surface area contributed by atoms with Crippen LogP contribution in [-0.4, -0.2) is 115 Å². The van der Waals surface area contributed by atoms with E-state index < -0.39 is 27.0 Å². The van der Waals surface area contributed by atoms with Gasteiger partial charge >= 0.3 is 0 Å². The van der Waals surface area contributed by atoms with Gasteiger partial charge in [-0.2, -0.15) is 4.98 Å². The van der Waals surface area contributed by atoms with Gasteiger partial charge in [-0.25, -0.2) is 13.4 Å². The number of carbonyl (C=O) groups is 3. The Morgan fingerprint density at radius 2 is 1.66 bits per heavy atom. The maximum Gasteiger partial charge on any atom is 0.251 e. The van der Waals surface area contributed by atoms with E-state index in [0.717, 1.165) is 81.3 Å². The monoisotopic (exact) mass is 911 g/mol. The number of nitrogens with zero attached hydrogens (tertiary/aromatic N) is 5. The Kier molecular flexibility index (Phi) is 13.5. The maximum atomic E-state index is 13.1. The summed E-state index contributed by atoms with van der Waals surface area (Å²) in [6, 6.07) is 18.4. The molecular formula is C47H58ClN9O6S. The van der Waals surface area contributed by atoms with E-state index in [0.29, 0.717) is 35.5 Å². The molecule has 4 aliphatic rings. The summed E-state index contributed by atoms with van der Waals surface area (Å²) in [6.07, 6.45) is 4.10. The van der Waals surface area contributed by atoms with Crippen molar-refractivity contribution in [1.29, 1.82) is 0 Å². The van der Waals surface area contributed by atoms with Crippen molar-refractivity contribution < 1.29 is 27.5 Å². The number of rotatable bonds is 15. The van der Waals surface area contributed by atoms with Crippen LogP contribution in [0.4, 0.5) is 28.8 Å². The average molecular weight is 913 g/mol. The Hall–Kier alpha value is -5.29. The topological polar surface area (TPSA) is 178 Å². The number of benzene rings is 3.